The summed E-state index contributed by atoms with van der Waals surface area (Å²) in [5.41, 5.74) is 0.829. The van der Waals surface area contributed by atoms with Crippen LogP contribution < -0.4 is 9.64 Å². The first-order valence-corrected chi connectivity index (χ1v) is 6.23. The standard InChI is InChI=1S/C13H16N2O2/c16-12-4-2-8-15(12)11-3-1-7-14-13(11)17-9-10-5-6-10/h1,3,7,10H,2,4-6,8-9H2. The molecule has 1 aliphatic carbocycles. The molecule has 0 bridgehead atoms. The Morgan fingerprint density at radius 2 is 2.35 bits per heavy atom. The number of aromatic nitrogens is 1. The molecule has 2 fully saturated rings. The minimum absolute atomic E-state index is 0.175. The Morgan fingerprint density at radius 3 is 3.06 bits per heavy atom. The van der Waals surface area contributed by atoms with Gasteiger partial charge in [-0.3, -0.25) is 4.79 Å². The van der Waals surface area contributed by atoms with Gasteiger partial charge in [-0.1, -0.05) is 0 Å². The third kappa shape index (κ3) is 2.25. The number of pyridine rings is 1. The quantitative estimate of drug-likeness (QED) is 0.797. The third-order valence-electron chi connectivity index (χ3n) is 3.27. The maximum Gasteiger partial charge on any atom is 0.238 e. The summed E-state index contributed by atoms with van der Waals surface area (Å²) >= 11 is 0. The van der Waals surface area contributed by atoms with Crippen molar-refractivity contribution >= 4 is 11.6 Å². The number of anilines is 1. The minimum atomic E-state index is 0.175. The lowest BCUT2D eigenvalue weighted by Gasteiger charge is -2.18. The number of carbonyl (C=O) groups excluding carboxylic acids is 1. The number of nitrogens with zero attached hydrogens (tertiary/aromatic N) is 2. The fourth-order valence-corrected chi connectivity index (χ4v) is 2.08. The summed E-state index contributed by atoms with van der Waals surface area (Å²) < 4.78 is 5.72. The van der Waals surface area contributed by atoms with Gasteiger partial charge in [0.2, 0.25) is 11.8 Å². The summed E-state index contributed by atoms with van der Waals surface area (Å²) in [7, 11) is 0. The van der Waals surface area contributed by atoms with Crippen molar-refractivity contribution in [3.63, 3.8) is 0 Å². The van der Waals surface area contributed by atoms with E-state index >= 15 is 0 Å². The first-order chi connectivity index (χ1) is 8.34. The van der Waals surface area contributed by atoms with Gasteiger partial charge in [0.1, 0.15) is 5.69 Å². The first kappa shape index (κ1) is 10.6. The van der Waals surface area contributed by atoms with Crippen LogP contribution in [0.5, 0.6) is 5.88 Å². The second-order valence-electron chi connectivity index (χ2n) is 4.73. The molecule has 4 heteroatoms. The molecule has 0 unspecified atom stereocenters. The van der Waals surface area contributed by atoms with Crippen molar-refractivity contribution in [3.05, 3.63) is 18.3 Å². The van der Waals surface area contributed by atoms with Crippen LogP contribution in [-0.2, 0) is 4.79 Å². The topological polar surface area (TPSA) is 42.4 Å². The van der Waals surface area contributed by atoms with E-state index in [1.54, 1.807) is 11.1 Å². The summed E-state index contributed by atoms with van der Waals surface area (Å²) in [6, 6.07) is 3.77. The molecule has 2 aliphatic rings. The summed E-state index contributed by atoms with van der Waals surface area (Å²) in [6.07, 6.45) is 5.79. The van der Waals surface area contributed by atoms with Crippen molar-refractivity contribution in [2.45, 2.75) is 25.7 Å². The largest absolute Gasteiger partial charge is 0.476 e. The lowest BCUT2D eigenvalue weighted by atomic mass is 10.3. The van der Waals surface area contributed by atoms with Crippen molar-refractivity contribution in [1.82, 2.24) is 4.98 Å². The molecule has 1 aliphatic heterocycles. The lowest BCUT2D eigenvalue weighted by Crippen LogP contribution is -2.24. The Morgan fingerprint density at radius 1 is 1.47 bits per heavy atom. The van der Waals surface area contributed by atoms with Gasteiger partial charge in [-0.15, -0.1) is 0 Å². The van der Waals surface area contributed by atoms with E-state index in [1.165, 1.54) is 12.8 Å². The Bertz CT molecular complexity index is 429. The van der Waals surface area contributed by atoms with E-state index in [-0.39, 0.29) is 5.91 Å². The van der Waals surface area contributed by atoms with Crippen molar-refractivity contribution in [2.24, 2.45) is 5.92 Å². The normalized spacial score (nSPS) is 19.8. The smallest absolute Gasteiger partial charge is 0.238 e. The maximum absolute atomic E-state index is 11.7. The van der Waals surface area contributed by atoms with Crippen LogP contribution in [0.4, 0.5) is 5.69 Å². The van der Waals surface area contributed by atoms with Crippen molar-refractivity contribution < 1.29 is 9.53 Å². The molecular formula is C13H16N2O2. The highest BCUT2D eigenvalue weighted by Crippen LogP contribution is 2.33. The zero-order valence-corrected chi connectivity index (χ0v) is 9.76. The van der Waals surface area contributed by atoms with Crippen molar-refractivity contribution in [1.29, 1.82) is 0 Å². The average molecular weight is 232 g/mol. The molecule has 3 rings (SSSR count). The molecule has 4 nitrogen and oxygen atoms in total. The van der Waals surface area contributed by atoms with Crippen molar-refractivity contribution in [2.75, 3.05) is 18.1 Å². The van der Waals surface area contributed by atoms with Crippen LogP contribution in [0.2, 0.25) is 0 Å². The predicted octanol–water partition coefficient (Wildman–Crippen LogP) is 2.00. The Labute approximate surface area is 101 Å². The van der Waals surface area contributed by atoms with Gasteiger partial charge in [0.25, 0.3) is 0 Å². The molecule has 0 aromatic carbocycles. The van der Waals surface area contributed by atoms with Crippen LogP contribution in [0.1, 0.15) is 25.7 Å². The van der Waals surface area contributed by atoms with Gasteiger partial charge >= 0.3 is 0 Å². The summed E-state index contributed by atoms with van der Waals surface area (Å²) in [4.78, 5) is 17.7. The van der Waals surface area contributed by atoms with Gasteiger partial charge in [-0.25, -0.2) is 4.98 Å². The monoisotopic (exact) mass is 232 g/mol. The Balaban J connectivity index is 1.78. The van der Waals surface area contributed by atoms with E-state index < -0.39 is 0 Å². The summed E-state index contributed by atoms with van der Waals surface area (Å²) in [5.74, 6) is 1.48. The number of hydrogen-bond donors (Lipinski definition) is 0. The van der Waals surface area contributed by atoms with Crippen molar-refractivity contribution in [3.8, 4) is 5.88 Å². The van der Waals surface area contributed by atoms with Crippen LogP contribution >= 0.6 is 0 Å². The van der Waals surface area contributed by atoms with E-state index in [4.69, 9.17) is 4.74 Å². The molecular weight excluding hydrogens is 216 g/mol. The van der Waals surface area contributed by atoms with Gasteiger partial charge in [0.15, 0.2) is 0 Å². The minimum Gasteiger partial charge on any atom is -0.476 e. The average Bonchev–Trinajstić information content (AvgIpc) is 3.09. The molecule has 90 valence electrons. The van der Waals surface area contributed by atoms with E-state index in [2.05, 4.69) is 4.98 Å². The molecule has 1 saturated carbocycles. The second kappa shape index (κ2) is 4.35. The number of amides is 1. The number of carbonyl (C=O) groups is 1. The molecule has 1 saturated heterocycles. The highest BCUT2D eigenvalue weighted by atomic mass is 16.5. The van der Waals surface area contributed by atoms with Crippen LogP contribution in [0.15, 0.2) is 18.3 Å². The Hall–Kier alpha value is -1.58. The second-order valence-corrected chi connectivity index (χ2v) is 4.73. The van der Waals surface area contributed by atoms with Gasteiger partial charge in [-0.2, -0.15) is 0 Å². The fraction of sp³-hybridized carbons (Fsp3) is 0.538. The highest BCUT2D eigenvalue weighted by molar-refractivity contribution is 5.96. The third-order valence-corrected chi connectivity index (χ3v) is 3.27. The molecule has 0 atom stereocenters. The molecule has 0 N–H and O–H groups in total. The number of hydrogen-bond acceptors (Lipinski definition) is 3. The zero-order valence-electron chi connectivity index (χ0n) is 9.76. The molecule has 1 aromatic heterocycles. The van der Waals surface area contributed by atoms with Gasteiger partial charge in [0, 0.05) is 19.2 Å². The summed E-state index contributed by atoms with van der Waals surface area (Å²) in [5, 5.41) is 0. The molecule has 0 radical (unpaired) electrons. The van der Waals surface area contributed by atoms with Crippen LogP contribution in [-0.4, -0.2) is 24.0 Å². The molecule has 1 amide bonds. The van der Waals surface area contributed by atoms with Gasteiger partial charge in [-0.05, 0) is 37.3 Å². The van der Waals surface area contributed by atoms with E-state index in [1.807, 2.05) is 12.1 Å². The molecule has 0 spiro atoms. The fourth-order valence-electron chi connectivity index (χ4n) is 2.08. The SMILES string of the molecule is O=C1CCCN1c1cccnc1OCC1CC1. The van der Waals surface area contributed by atoms with E-state index in [9.17, 15) is 4.79 Å². The van der Waals surface area contributed by atoms with Gasteiger partial charge < -0.3 is 9.64 Å². The predicted molar refractivity (Wildman–Crippen MR) is 64.0 cm³/mol. The zero-order chi connectivity index (χ0) is 11.7. The first-order valence-electron chi connectivity index (χ1n) is 6.23. The molecule has 2 heterocycles. The number of rotatable bonds is 4. The summed E-state index contributed by atoms with van der Waals surface area (Å²) in [6.45, 7) is 1.51. The highest BCUT2D eigenvalue weighted by Gasteiger charge is 2.26. The molecule has 1 aromatic rings. The molecule has 17 heavy (non-hydrogen) atoms. The number of ether oxygens (including phenoxy) is 1. The van der Waals surface area contributed by atoms with Gasteiger partial charge in [0.05, 0.1) is 6.61 Å². The lowest BCUT2D eigenvalue weighted by molar-refractivity contribution is -0.117. The Kier molecular flexibility index (Phi) is 2.71. The maximum atomic E-state index is 11.7. The van der Waals surface area contributed by atoms with Crippen LogP contribution in [0.25, 0.3) is 0 Å². The van der Waals surface area contributed by atoms with E-state index in [0.29, 0.717) is 18.2 Å². The van der Waals surface area contributed by atoms with Crippen LogP contribution in [0, 0.1) is 5.92 Å². The van der Waals surface area contributed by atoms with Crippen LogP contribution in [0.3, 0.4) is 0 Å². The van der Waals surface area contributed by atoms with E-state index in [0.717, 1.165) is 25.3 Å².